The van der Waals surface area contributed by atoms with Crippen molar-refractivity contribution in [3.63, 3.8) is 0 Å². The summed E-state index contributed by atoms with van der Waals surface area (Å²) in [6.45, 7) is 1.56. The maximum Gasteiger partial charge on any atom is 0.314 e. The highest BCUT2D eigenvalue weighted by atomic mass is 19.1. The zero-order chi connectivity index (χ0) is 19.1. The van der Waals surface area contributed by atoms with Crippen LogP contribution in [0.1, 0.15) is 23.5 Å². The Morgan fingerprint density at radius 2 is 1.93 bits per heavy atom. The summed E-state index contributed by atoms with van der Waals surface area (Å²) in [5.74, 6) is -0.369. The fourth-order valence-corrected chi connectivity index (χ4v) is 3.16. The lowest BCUT2D eigenvalue weighted by Crippen LogP contribution is -2.38. The van der Waals surface area contributed by atoms with Crippen molar-refractivity contribution in [2.45, 2.75) is 12.3 Å². The maximum atomic E-state index is 13.4. The van der Waals surface area contributed by atoms with Gasteiger partial charge in [-0.15, -0.1) is 0 Å². The van der Waals surface area contributed by atoms with E-state index in [0.717, 1.165) is 28.5 Å². The van der Waals surface area contributed by atoms with Crippen molar-refractivity contribution in [1.82, 2.24) is 15.6 Å². The third-order valence-corrected chi connectivity index (χ3v) is 4.55. The topological polar surface area (TPSA) is 66.2 Å². The number of H-pyrrole nitrogens is 1. The number of rotatable bonds is 8. The van der Waals surface area contributed by atoms with Gasteiger partial charge in [-0.05, 0) is 35.7 Å². The van der Waals surface area contributed by atoms with Crippen molar-refractivity contribution < 1.29 is 13.9 Å². The summed E-state index contributed by atoms with van der Waals surface area (Å²) in [4.78, 5) is 15.4. The molecule has 1 aromatic heterocycles. The molecule has 0 radical (unpaired) electrons. The highest BCUT2D eigenvalue weighted by molar-refractivity contribution is 5.84. The second kappa shape index (κ2) is 9.19. The predicted molar refractivity (Wildman–Crippen MR) is 104 cm³/mol. The van der Waals surface area contributed by atoms with Gasteiger partial charge in [0, 0.05) is 49.8 Å². The van der Waals surface area contributed by atoms with Crippen molar-refractivity contribution in [2.75, 3.05) is 26.8 Å². The van der Waals surface area contributed by atoms with Gasteiger partial charge in [0.25, 0.3) is 0 Å². The van der Waals surface area contributed by atoms with Gasteiger partial charge in [-0.2, -0.15) is 0 Å². The van der Waals surface area contributed by atoms with Crippen LogP contribution in [0.25, 0.3) is 10.9 Å². The first-order valence-corrected chi connectivity index (χ1v) is 9.01. The number of ether oxygens (including phenoxy) is 1. The first kappa shape index (κ1) is 18.9. The quantitative estimate of drug-likeness (QED) is 0.529. The number of aromatic amines is 1. The van der Waals surface area contributed by atoms with Gasteiger partial charge in [0.05, 0.1) is 0 Å². The molecule has 6 heteroatoms. The number of amides is 2. The summed E-state index contributed by atoms with van der Waals surface area (Å²) in [5.41, 5.74) is 3.04. The highest BCUT2D eigenvalue weighted by Gasteiger charge is 2.19. The normalized spacial score (nSPS) is 12.1. The predicted octanol–water partition coefficient (Wildman–Crippen LogP) is 3.77. The second-order valence-electron chi connectivity index (χ2n) is 6.38. The van der Waals surface area contributed by atoms with E-state index in [2.05, 4.69) is 15.6 Å². The molecule has 142 valence electrons. The van der Waals surface area contributed by atoms with Crippen LogP contribution in [-0.2, 0) is 4.74 Å². The summed E-state index contributed by atoms with van der Waals surface area (Å²) in [5, 5.41) is 6.84. The van der Waals surface area contributed by atoms with E-state index < -0.39 is 0 Å². The average Bonchev–Trinajstić information content (AvgIpc) is 3.11. The second-order valence-corrected chi connectivity index (χ2v) is 6.38. The van der Waals surface area contributed by atoms with Crippen LogP contribution in [0.3, 0.4) is 0 Å². The Balaban J connectivity index is 1.77. The number of methoxy groups -OCH3 is 1. The number of halogens is 1. The van der Waals surface area contributed by atoms with Crippen LogP contribution in [0.4, 0.5) is 9.18 Å². The molecule has 0 bridgehead atoms. The number of fused-ring (bicyclic) bond motifs is 1. The van der Waals surface area contributed by atoms with Crippen LogP contribution in [0.2, 0.25) is 0 Å². The summed E-state index contributed by atoms with van der Waals surface area (Å²) in [7, 11) is 1.63. The van der Waals surface area contributed by atoms with Gasteiger partial charge >= 0.3 is 6.03 Å². The lowest BCUT2D eigenvalue weighted by atomic mass is 9.91. The van der Waals surface area contributed by atoms with Crippen LogP contribution in [0.15, 0.2) is 54.7 Å². The number of benzene rings is 2. The Hall–Kier alpha value is -2.86. The molecule has 5 nitrogen and oxygen atoms in total. The molecule has 3 rings (SSSR count). The molecule has 0 fully saturated rings. The van der Waals surface area contributed by atoms with E-state index in [1.165, 1.54) is 12.1 Å². The van der Waals surface area contributed by atoms with Gasteiger partial charge < -0.3 is 20.4 Å². The van der Waals surface area contributed by atoms with E-state index in [-0.39, 0.29) is 17.8 Å². The Labute approximate surface area is 157 Å². The van der Waals surface area contributed by atoms with E-state index in [4.69, 9.17) is 4.74 Å². The molecule has 3 N–H and O–H groups in total. The molecule has 0 spiro atoms. The van der Waals surface area contributed by atoms with Crippen LogP contribution < -0.4 is 10.6 Å². The minimum absolute atomic E-state index is 0.0912. The van der Waals surface area contributed by atoms with E-state index in [9.17, 15) is 9.18 Å². The van der Waals surface area contributed by atoms with Crippen molar-refractivity contribution in [2.24, 2.45) is 0 Å². The smallest absolute Gasteiger partial charge is 0.314 e. The summed E-state index contributed by atoms with van der Waals surface area (Å²) in [6.07, 6.45) is 2.71. The van der Waals surface area contributed by atoms with E-state index >= 15 is 0 Å². The summed E-state index contributed by atoms with van der Waals surface area (Å²) in [6, 6.07) is 14.2. The number of aromatic nitrogens is 1. The van der Waals surface area contributed by atoms with Gasteiger partial charge in [0.2, 0.25) is 0 Å². The van der Waals surface area contributed by atoms with Crippen molar-refractivity contribution >= 4 is 16.9 Å². The number of carbonyl (C=O) groups excluding carboxylic acids is 1. The number of urea groups is 1. The van der Waals surface area contributed by atoms with Gasteiger partial charge in [0.1, 0.15) is 5.82 Å². The van der Waals surface area contributed by atoms with Gasteiger partial charge in [-0.1, -0.05) is 30.3 Å². The molecule has 1 heterocycles. The SMILES string of the molecule is COCCCNC(=O)NC[C@@H](c1ccc(F)cc1)c1c[nH]c2ccccc12. The number of para-hydroxylation sites is 1. The maximum absolute atomic E-state index is 13.4. The molecule has 0 aliphatic carbocycles. The molecule has 1 atom stereocenters. The highest BCUT2D eigenvalue weighted by Crippen LogP contribution is 2.30. The van der Waals surface area contributed by atoms with Crippen LogP contribution >= 0.6 is 0 Å². The van der Waals surface area contributed by atoms with Crippen molar-refractivity contribution in [1.29, 1.82) is 0 Å². The van der Waals surface area contributed by atoms with Gasteiger partial charge in [-0.3, -0.25) is 0 Å². The van der Waals surface area contributed by atoms with Crippen LogP contribution in [0.5, 0.6) is 0 Å². The molecular formula is C21H24FN3O2. The van der Waals surface area contributed by atoms with E-state index in [1.54, 1.807) is 19.2 Å². The Morgan fingerprint density at radius 1 is 1.15 bits per heavy atom. The molecule has 2 aromatic carbocycles. The van der Waals surface area contributed by atoms with Crippen molar-refractivity contribution in [3.05, 3.63) is 71.7 Å². The molecule has 0 unspecified atom stereocenters. The third-order valence-electron chi connectivity index (χ3n) is 4.55. The average molecular weight is 369 g/mol. The lowest BCUT2D eigenvalue weighted by Gasteiger charge is -2.18. The summed E-state index contributed by atoms with van der Waals surface area (Å²) >= 11 is 0. The molecule has 2 amide bonds. The fraction of sp³-hybridized carbons (Fsp3) is 0.286. The number of nitrogens with one attached hydrogen (secondary N) is 3. The van der Waals surface area contributed by atoms with E-state index in [0.29, 0.717) is 19.7 Å². The first-order chi connectivity index (χ1) is 13.2. The largest absolute Gasteiger partial charge is 0.385 e. The molecule has 27 heavy (non-hydrogen) atoms. The van der Waals surface area contributed by atoms with Crippen molar-refractivity contribution in [3.8, 4) is 0 Å². The Bertz CT molecular complexity index is 877. The number of hydrogen-bond donors (Lipinski definition) is 3. The molecule has 3 aromatic rings. The molecule has 0 saturated heterocycles. The Kier molecular flexibility index (Phi) is 6.44. The molecular weight excluding hydrogens is 345 g/mol. The molecule has 0 aliphatic heterocycles. The zero-order valence-corrected chi connectivity index (χ0v) is 15.3. The lowest BCUT2D eigenvalue weighted by molar-refractivity contribution is 0.193. The molecule has 0 aliphatic rings. The van der Waals surface area contributed by atoms with Gasteiger partial charge in [-0.25, -0.2) is 9.18 Å². The molecule has 0 saturated carbocycles. The van der Waals surface area contributed by atoms with E-state index in [1.807, 2.05) is 30.5 Å². The number of carbonyl (C=O) groups is 1. The minimum atomic E-state index is -0.278. The zero-order valence-electron chi connectivity index (χ0n) is 15.3. The van der Waals surface area contributed by atoms with Crippen LogP contribution in [0, 0.1) is 5.82 Å². The third kappa shape index (κ3) is 4.86. The van der Waals surface area contributed by atoms with Crippen LogP contribution in [-0.4, -0.2) is 37.8 Å². The fourth-order valence-electron chi connectivity index (χ4n) is 3.16. The number of hydrogen-bond acceptors (Lipinski definition) is 2. The summed E-state index contributed by atoms with van der Waals surface area (Å²) < 4.78 is 18.3. The first-order valence-electron chi connectivity index (χ1n) is 9.01. The standard InChI is InChI=1S/C21H24FN3O2/c1-27-12-4-11-23-21(26)25-13-18(15-7-9-16(22)10-8-15)19-14-24-20-6-3-2-5-17(19)20/h2-3,5-10,14,18,24H,4,11-13H2,1H3,(H2,23,25,26)/t18-/m0/s1. The minimum Gasteiger partial charge on any atom is -0.385 e. The monoisotopic (exact) mass is 369 g/mol. The Morgan fingerprint density at radius 3 is 2.70 bits per heavy atom. The van der Waals surface area contributed by atoms with Gasteiger partial charge in [0.15, 0.2) is 0 Å².